The van der Waals surface area contributed by atoms with Gasteiger partial charge in [-0.25, -0.2) is 9.07 Å². The summed E-state index contributed by atoms with van der Waals surface area (Å²) in [4.78, 5) is 14.6. The number of aromatic nitrogens is 2. The number of hydrogen-bond acceptors (Lipinski definition) is 3. The first-order chi connectivity index (χ1) is 13.9. The van der Waals surface area contributed by atoms with Crippen LogP contribution in [0.2, 0.25) is 0 Å². The molecule has 6 heteroatoms. The molecule has 0 atom stereocenters. The summed E-state index contributed by atoms with van der Waals surface area (Å²) in [6.07, 6.45) is 0. The van der Waals surface area contributed by atoms with Gasteiger partial charge in [0.2, 0.25) is 0 Å². The van der Waals surface area contributed by atoms with Gasteiger partial charge in [-0.2, -0.15) is 5.10 Å². The average Bonchev–Trinajstić information content (AvgIpc) is 3.19. The van der Waals surface area contributed by atoms with Crippen molar-refractivity contribution in [2.75, 3.05) is 7.05 Å². The smallest absolute Gasteiger partial charge is 0.289 e. The number of halogens is 1. The maximum Gasteiger partial charge on any atom is 0.289 e. The zero-order valence-corrected chi connectivity index (χ0v) is 16.9. The van der Waals surface area contributed by atoms with E-state index in [1.807, 2.05) is 48.9 Å². The van der Waals surface area contributed by atoms with E-state index < -0.39 is 0 Å². The minimum Gasteiger partial charge on any atom is -0.451 e. The average molecular weight is 391 g/mol. The third-order valence-corrected chi connectivity index (χ3v) is 5.28. The minimum absolute atomic E-state index is 0.235. The monoisotopic (exact) mass is 391 g/mol. The summed E-state index contributed by atoms with van der Waals surface area (Å²) in [6, 6.07) is 14.2. The summed E-state index contributed by atoms with van der Waals surface area (Å²) < 4.78 is 21.2. The summed E-state index contributed by atoms with van der Waals surface area (Å²) >= 11 is 0. The predicted octanol–water partition coefficient (Wildman–Crippen LogP) is 4.96. The van der Waals surface area contributed by atoms with Gasteiger partial charge in [-0.1, -0.05) is 18.2 Å². The SMILES string of the molecule is Cc1nn(-c2ccccc2)c(C)c1CN(C)C(=O)c1oc2ccc(F)cc2c1C. The number of rotatable bonds is 4. The van der Waals surface area contributed by atoms with Crippen molar-refractivity contribution in [1.29, 1.82) is 0 Å². The van der Waals surface area contributed by atoms with Crippen molar-refractivity contribution in [2.45, 2.75) is 27.3 Å². The van der Waals surface area contributed by atoms with Crippen LogP contribution in [0.4, 0.5) is 4.39 Å². The van der Waals surface area contributed by atoms with Gasteiger partial charge in [0.15, 0.2) is 5.76 Å². The number of nitrogens with zero attached hydrogens (tertiary/aromatic N) is 3. The molecule has 0 radical (unpaired) electrons. The second kappa shape index (κ2) is 7.20. The first-order valence-corrected chi connectivity index (χ1v) is 9.41. The maximum absolute atomic E-state index is 13.6. The van der Waals surface area contributed by atoms with Crippen LogP contribution < -0.4 is 0 Å². The second-order valence-electron chi connectivity index (χ2n) is 7.25. The molecule has 0 saturated heterocycles. The van der Waals surface area contributed by atoms with Gasteiger partial charge in [-0.15, -0.1) is 0 Å². The van der Waals surface area contributed by atoms with Crippen LogP contribution in [0.15, 0.2) is 52.9 Å². The van der Waals surface area contributed by atoms with E-state index in [1.54, 1.807) is 24.9 Å². The zero-order chi connectivity index (χ0) is 20.7. The van der Waals surface area contributed by atoms with Crippen molar-refractivity contribution in [3.8, 4) is 5.69 Å². The van der Waals surface area contributed by atoms with Gasteiger partial charge < -0.3 is 9.32 Å². The number of carbonyl (C=O) groups excluding carboxylic acids is 1. The lowest BCUT2D eigenvalue weighted by molar-refractivity contribution is 0.0754. The van der Waals surface area contributed by atoms with E-state index in [4.69, 9.17) is 4.42 Å². The largest absolute Gasteiger partial charge is 0.451 e. The lowest BCUT2D eigenvalue weighted by Gasteiger charge is -2.16. The van der Waals surface area contributed by atoms with Crippen LogP contribution in [-0.4, -0.2) is 27.6 Å². The van der Waals surface area contributed by atoms with Gasteiger partial charge in [0.05, 0.1) is 11.4 Å². The lowest BCUT2D eigenvalue weighted by atomic mass is 10.1. The third kappa shape index (κ3) is 3.31. The van der Waals surface area contributed by atoms with Crippen LogP contribution in [0.3, 0.4) is 0 Å². The molecular formula is C23H22FN3O2. The number of para-hydroxylation sites is 1. The fraction of sp³-hybridized carbons (Fsp3) is 0.217. The summed E-state index contributed by atoms with van der Waals surface area (Å²) in [7, 11) is 1.73. The number of aryl methyl sites for hydroxylation is 2. The Hall–Kier alpha value is -3.41. The third-order valence-electron chi connectivity index (χ3n) is 5.28. The number of benzene rings is 2. The Labute approximate surface area is 168 Å². The summed E-state index contributed by atoms with van der Waals surface area (Å²) in [6.45, 7) is 6.11. The highest BCUT2D eigenvalue weighted by Crippen LogP contribution is 2.27. The number of hydrogen-bond donors (Lipinski definition) is 0. The van der Waals surface area contributed by atoms with Crippen molar-refractivity contribution >= 4 is 16.9 Å². The van der Waals surface area contributed by atoms with Crippen molar-refractivity contribution in [3.63, 3.8) is 0 Å². The molecule has 0 aliphatic carbocycles. The lowest BCUT2D eigenvalue weighted by Crippen LogP contribution is -2.27. The van der Waals surface area contributed by atoms with E-state index in [9.17, 15) is 9.18 Å². The van der Waals surface area contributed by atoms with Gasteiger partial charge in [0.1, 0.15) is 11.4 Å². The number of furan rings is 1. The topological polar surface area (TPSA) is 51.3 Å². The molecule has 0 N–H and O–H groups in total. The number of fused-ring (bicyclic) bond motifs is 1. The van der Waals surface area contributed by atoms with Crippen LogP contribution >= 0.6 is 0 Å². The van der Waals surface area contributed by atoms with E-state index in [0.717, 1.165) is 22.6 Å². The molecule has 0 saturated carbocycles. The van der Waals surface area contributed by atoms with Crippen molar-refractivity contribution < 1.29 is 13.6 Å². The van der Waals surface area contributed by atoms with E-state index in [-0.39, 0.29) is 17.5 Å². The standard InChI is InChI=1S/C23H22FN3O2/c1-14-19-12-17(24)10-11-21(19)29-22(14)23(28)26(4)13-20-15(2)25-27(16(20)3)18-8-6-5-7-9-18/h5-12H,13H2,1-4H3. The van der Waals surface area contributed by atoms with E-state index in [2.05, 4.69) is 5.10 Å². The normalized spacial score (nSPS) is 11.2. The number of carbonyl (C=O) groups is 1. The molecule has 0 aliphatic rings. The van der Waals surface area contributed by atoms with Gasteiger partial charge in [0.25, 0.3) is 5.91 Å². The molecule has 2 aromatic carbocycles. The van der Waals surface area contributed by atoms with Gasteiger partial charge in [-0.05, 0) is 51.1 Å². The van der Waals surface area contributed by atoms with E-state index in [0.29, 0.717) is 23.1 Å². The van der Waals surface area contributed by atoms with Crippen molar-refractivity contribution in [2.24, 2.45) is 0 Å². The number of amides is 1. The predicted molar refractivity (Wildman–Crippen MR) is 110 cm³/mol. The highest BCUT2D eigenvalue weighted by atomic mass is 19.1. The molecule has 29 heavy (non-hydrogen) atoms. The molecular weight excluding hydrogens is 369 g/mol. The molecule has 0 bridgehead atoms. The Morgan fingerprint density at radius 2 is 1.86 bits per heavy atom. The Kier molecular flexibility index (Phi) is 4.70. The van der Waals surface area contributed by atoms with Gasteiger partial charge >= 0.3 is 0 Å². The van der Waals surface area contributed by atoms with Crippen LogP contribution in [0.5, 0.6) is 0 Å². The first kappa shape index (κ1) is 18.9. The van der Waals surface area contributed by atoms with Crippen LogP contribution in [0.1, 0.15) is 33.1 Å². The summed E-state index contributed by atoms with van der Waals surface area (Å²) in [5.74, 6) is -0.363. The quantitative estimate of drug-likeness (QED) is 0.494. The Balaban J connectivity index is 1.63. The molecule has 0 unspecified atom stereocenters. The Bertz CT molecular complexity index is 1210. The first-order valence-electron chi connectivity index (χ1n) is 9.41. The Morgan fingerprint density at radius 1 is 1.14 bits per heavy atom. The molecule has 2 aromatic heterocycles. The minimum atomic E-state index is -0.353. The highest BCUT2D eigenvalue weighted by molar-refractivity contribution is 5.98. The van der Waals surface area contributed by atoms with Crippen molar-refractivity contribution in [3.05, 3.63) is 82.6 Å². The zero-order valence-electron chi connectivity index (χ0n) is 16.9. The van der Waals surface area contributed by atoms with Crippen LogP contribution in [0, 0.1) is 26.6 Å². The molecule has 5 nitrogen and oxygen atoms in total. The summed E-state index contributed by atoms with van der Waals surface area (Å²) in [5.41, 5.74) is 4.97. The van der Waals surface area contributed by atoms with Crippen LogP contribution in [-0.2, 0) is 6.54 Å². The fourth-order valence-corrected chi connectivity index (χ4v) is 3.60. The van der Waals surface area contributed by atoms with E-state index in [1.165, 1.54) is 12.1 Å². The second-order valence-corrected chi connectivity index (χ2v) is 7.25. The molecule has 0 fully saturated rings. The molecule has 0 aliphatic heterocycles. The molecule has 4 rings (SSSR count). The highest BCUT2D eigenvalue weighted by Gasteiger charge is 2.23. The van der Waals surface area contributed by atoms with Crippen LogP contribution in [0.25, 0.3) is 16.7 Å². The molecule has 148 valence electrons. The molecule has 1 amide bonds. The van der Waals surface area contributed by atoms with Gasteiger partial charge in [0, 0.05) is 35.8 Å². The molecule has 4 aromatic rings. The Morgan fingerprint density at radius 3 is 2.59 bits per heavy atom. The van der Waals surface area contributed by atoms with E-state index >= 15 is 0 Å². The van der Waals surface area contributed by atoms with Crippen molar-refractivity contribution in [1.82, 2.24) is 14.7 Å². The summed E-state index contributed by atoms with van der Waals surface area (Å²) in [5, 5.41) is 5.26. The maximum atomic E-state index is 13.6. The van der Waals surface area contributed by atoms with Gasteiger partial charge in [-0.3, -0.25) is 4.79 Å². The molecule has 2 heterocycles. The molecule has 0 spiro atoms. The fourth-order valence-electron chi connectivity index (χ4n) is 3.60.